The Balaban J connectivity index is 2.08. The fraction of sp³-hybridized carbons (Fsp3) is 0.312. The maximum Gasteiger partial charge on any atom is 0.251 e. The first-order valence-electron chi connectivity index (χ1n) is 6.52. The van der Waals surface area contributed by atoms with Crippen LogP contribution < -0.4 is 5.32 Å². The van der Waals surface area contributed by atoms with Crippen molar-refractivity contribution in [1.29, 1.82) is 0 Å². The molecule has 2 aromatic rings. The lowest BCUT2D eigenvalue weighted by atomic mass is 10.0. The lowest BCUT2D eigenvalue weighted by molar-refractivity contribution is 0.0556. The van der Waals surface area contributed by atoms with Crippen molar-refractivity contribution in [3.05, 3.63) is 57.3 Å². The zero-order chi connectivity index (χ0) is 14.8. The largest absolute Gasteiger partial charge is 0.383 e. The summed E-state index contributed by atoms with van der Waals surface area (Å²) >= 11 is 1.48. The Morgan fingerprint density at radius 2 is 2.05 bits per heavy atom. The average molecular weight is 289 g/mol. The van der Waals surface area contributed by atoms with Crippen molar-refractivity contribution in [2.45, 2.75) is 26.4 Å². The molecule has 106 valence electrons. The number of nitrogens with one attached hydrogen (secondary N) is 1. The molecule has 0 bridgehead atoms. The average Bonchev–Trinajstić information content (AvgIpc) is 2.94. The molecule has 0 saturated heterocycles. The first-order chi connectivity index (χ1) is 9.42. The fourth-order valence-corrected chi connectivity index (χ4v) is 2.80. The molecule has 2 N–H and O–H groups in total. The van der Waals surface area contributed by atoms with Crippen molar-refractivity contribution in [3.63, 3.8) is 0 Å². The number of carbonyl (C=O) groups is 1. The van der Waals surface area contributed by atoms with Gasteiger partial charge in [-0.3, -0.25) is 4.79 Å². The summed E-state index contributed by atoms with van der Waals surface area (Å²) in [5, 5.41) is 15.1. The minimum absolute atomic E-state index is 0.150. The molecule has 1 amide bonds. The molecule has 1 atom stereocenters. The van der Waals surface area contributed by atoms with E-state index in [1.165, 1.54) is 11.3 Å². The van der Waals surface area contributed by atoms with Crippen LogP contribution in [0.25, 0.3) is 0 Å². The van der Waals surface area contributed by atoms with Gasteiger partial charge in [-0.15, -0.1) is 11.3 Å². The molecule has 20 heavy (non-hydrogen) atoms. The van der Waals surface area contributed by atoms with Gasteiger partial charge in [0.05, 0.1) is 6.54 Å². The molecular weight excluding hydrogens is 270 g/mol. The van der Waals surface area contributed by atoms with E-state index in [0.717, 1.165) is 16.0 Å². The molecule has 0 aliphatic rings. The van der Waals surface area contributed by atoms with Crippen LogP contribution in [0.15, 0.2) is 35.7 Å². The molecule has 0 spiro atoms. The lowest BCUT2D eigenvalue weighted by Gasteiger charge is -2.22. The SMILES string of the molecule is Cc1cccc(C(=O)NCC(C)(O)c2cccs2)c1C. The van der Waals surface area contributed by atoms with E-state index < -0.39 is 5.60 Å². The predicted molar refractivity (Wildman–Crippen MR) is 82.1 cm³/mol. The monoisotopic (exact) mass is 289 g/mol. The van der Waals surface area contributed by atoms with Crippen LogP contribution in [0.4, 0.5) is 0 Å². The molecule has 1 aromatic heterocycles. The second-order valence-electron chi connectivity index (χ2n) is 5.18. The summed E-state index contributed by atoms with van der Waals surface area (Å²) in [6.45, 7) is 5.82. The van der Waals surface area contributed by atoms with E-state index in [1.54, 1.807) is 13.0 Å². The summed E-state index contributed by atoms with van der Waals surface area (Å²) in [5.41, 5.74) is 1.68. The van der Waals surface area contributed by atoms with Gasteiger partial charge in [-0.1, -0.05) is 18.2 Å². The van der Waals surface area contributed by atoms with Crippen LogP contribution in [0, 0.1) is 13.8 Å². The van der Waals surface area contributed by atoms with Crippen LogP contribution in [0.2, 0.25) is 0 Å². The topological polar surface area (TPSA) is 49.3 Å². The van der Waals surface area contributed by atoms with Crippen molar-refractivity contribution in [2.75, 3.05) is 6.54 Å². The van der Waals surface area contributed by atoms with E-state index in [4.69, 9.17) is 0 Å². The van der Waals surface area contributed by atoms with Crippen LogP contribution in [-0.2, 0) is 5.60 Å². The maximum absolute atomic E-state index is 12.2. The van der Waals surface area contributed by atoms with Crippen LogP contribution in [0.5, 0.6) is 0 Å². The highest BCUT2D eigenvalue weighted by Crippen LogP contribution is 2.24. The molecule has 0 aliphatic carbocycles. The zero-order valence-electron chi connectivity index (χ0n) is 11.9. The Kier molecular flexibility index (Phi) is 4.26. The van der Waals surface area contributed by atoms with Crippen LogP contribution in [-0.4, -0.2) is 17.6 Å². The van der Waals surface area contributed by atoms with Gasteiger partial charge in [0.15, 0.2) is 0 Å². The van der Waals surface area contributed by atoms with Gasteiger partial charge in [-0.2, -0.15) is 0 Å². The lowest BCUT2D eigenvalue weighted by Crippen LogP contribution is -2.38. The number of benzene rings is 1. The van der Waals surface area contributed by atoms with Gasteiger partial charge >= 0.3 is 0 Å². The molecule has 3 nitrogen and oxygen atoms in total. The number of hydrogen-bond donors (Lipinski definition) is 2. The van der Waals surface area contributed by atoms with E-state index >= 15 is 0 Å². The number of aliphatic hydroxyl groups is 1. The quantitative estimate of drug-likeness (QED) is 0.909. The third-order valence-corrected chi connectivity index (χ3v) is 4.62. The minimum atomic E-state index is -1.04. The second kappa shape index (κ2) is 5.77. The van der Waals surface area contributed by atoms with Crippen molar-refractivity contribution in [2.24, 2.45) is 0 Å². The fourth-order valence-electron chi connectivity index (χ4n) is 2.02. The Hall–Kier alpha value is -1.65. The van der Waals surface area contributed by atoms with Crippen molar-refractivity contribution in [1.82, 2.24) is 5.32 Å². The minimum Gasteiger partial charge on any atom is -0.383 e. The number of hydrogen-bond acceptors (Lipinski definition) is 3. The molecule has 1 unspecified atom stereocenters. The summed E-state index contributed by atoms with van der Waals surface area (Å²) in [6.07, 6.45) is 0. The van der Waals surface area contributed by atoms with E-state index in [1.807, 2.05) is 43.5 Å². The number of rotatable bonds is 4. The number of amides is 1. The van der Waals surface area contributed by atoms with Crippen molar-refractivity contribution < 1.29 is 9.90 Å². The summed E-state index contributed by atoms with van der Waals surface area (Å²) in [4.78, 5) is 13.1. The molecule has 4 heteroatoms. The van der Waals surface area contributed by atoms with Crippen molar-refractivity contribution >= 4 is 17.2 Å². The third-order valence-electron chi connectivity index (χ3n) is 3.49. The molecule has 0 aliphatic heterocycles. The Morgan fingerprint density at radius 1 is 1.30 bits per heavy atom. The maximum atomic E-state index is 12.2. The Bertz CT molecular complexity index is 603. The molecule has 0 fully saturated rings. The normalized spacial score (nSPS) is 13.8. The molecule has 0 radical (unpaired) electrons. The number of carbonyl (C=O) groups excluding carboxylic acids is 1. The first-order valence-corrected chi connectivity index (χ1v) is 7.40. The molecule has 1 aromatic carbocycles. The van der Waals surface area contributed by atoms with E-state index in [9.17, 15) is 9.90 Å². The summed E-state index contributed by atoms with van der Waals surface area (Å²) < 4.78 is 0. The Labute approximate surface area is 123 Å². The smallest absolute Gasteiger partial charge is 0.251 e. The van der Waals surface area contributed by atoms with E-state index in [0.29, 0.717) is 5.56 Å². The van der Waals surface area contributed by atoms with Gasteiger partial charge in [-0.25, -0.2) is 0 Å². The standard InChI is InChI=1S/C16H19NO2S/c1-11-6-4-7-13(12(11)2)15(18)17-10-16(3,19)14-8-5-9-20-14/h4-9,19H,10H2,1-3H3,(H,17,18). The number of aryl methyl sites for hydroxylation is 1. The van der Waals surface area contributed by atoms with Crippen LogP contribution >= 0.6 is 11.3 Å². The van der Waals surface area contributed by atoms with Crippen molar-refractivity contribution in [3.8, 4) is 0 Å². The van der Waals surface area contributed by atoms with E-state index in [2.05, 4.69) is 5.32 Å². The molecule has 2 rings (SSSR count). The highest BCUT2D eigenvalue weighted by Gasteiger charge is 2.25. The van der Waals surface area contributed by atoms with Crippen LogP contribution in [0.1, 0.15) is 33.3 Å². The van der Waals surface area contributed by atoms with Gasteiger partial charge < -0.3 is 10.4 Å². The van der Waals surface area contributed by atoms with Gasteiger partial charge in [0.2, 0.25) is 0 Å². The zero-order valence-corrected chi connectivity index (χ0v) is 12.8. The molecular formula is C16H19NO2S. The highest BCUT2D eigenvalue weighted by atomic mass is 32.1. The van der Waals surface area contributed by atoms with Gasteiger partial charge in [0, 0.05) is 10.4 Å². The van der Waals surface area contributed by atoms with E-state index in [-0.39, 0.29) is 12.5 Å². The summed E-state index contributed by atoms with van der Waals surface area (Å²) in [5.74, 6) is -0.150. The van der Waals surface area contributed by atoms with Gasteiger partial charge in [-0.05, 0) is 49.4 Å². The Morgan fingerprint density at radius 3 is 2.70 bits per heavy atom. The molecule has 1 heterocycles. The second-order valence-corrected chi connectivity index (χ2v) is 6.13. The van der Waals surface area contributed by atoms with Crippen LogP contribution in [0.3, 0.4) is 0 Å². The molecule has 0 saturated carbocycles. The first kappa shape index (κ1) is 14.8. The van der Waals surface area contributed by atoms with Gasteiger partial charge in [0.25, 0.3) is 5.91 Å². The highest BCUT2D eigenvalue weighted by molar-refractivity contribution is 7.10. The predicted octanol–water partition coefficient (Wildman–Crippen LogP) is 3.00. The summed E-state index contributed by atoms with van der Waals surface area (Å²) in [6, 6.07) is 9.41. The third kappa shape index (κ3) is 3.08. The number of thiophene rings is 1. The summed E-state index contributed by atoms with van der Waals surface area (Å²) in [7, 11) is 0. The van der Waals surface area contributed by atoms with Gasteiger partial charge in [0.1, 0.15) is 5.60 Å².